The predicted molar refractivity (Wildman–Crippen MR) is 78.2 cm³/mol. The lowest BCUT2D eigenvalue weighted by atomic mass is 9.89. The summed E-state index contributed by atoms with van der Waals surface area (Å²) in [5, 5.41) is 0. The molecule has 3 rings (SSSR count). The maximum absolute atomic E-state index is 6.07. The van der Waals surface area contributed by atoms with Gasteiger partial charge in [-0.15, -0.1) is 0 Å². The lowest BCUT2D eigenvalue weighted by Crippen LogP contribution is -2.49. The number of ether oxygens (including phenoxy) is 1. The van der Waals surface area contributed by atoms with E-state index in [1.807, 2.05) is 12.1 Å². The molecule has 1 aliphatic heterocycles. The highest BCUT2D eigenvalue weighted by Crippen LogP contribution is 2.27. The average Bonchev–Trinajstić information content (AvgIpc) is 2.45. The van der Waals surface area contributed by atoms with Crippen LogP contribution in [0.15, 0.2) is 24.3 Å². The summed E-state index contributed by atoms with van der Waals surface area (Å²) >= 11 is 0. The smallest absolute Gasteiger partial charge is 0.0730 e. The molecule has 4 N–H and O–H groups in total. The molecular weight excluding hydrogens is 238 g/mol. The van der Waals surface area contributed by atoms with E-state index in [4.69, 9.17) is 16.2 Å². The van der Waals surface area contributed by atoms with Crippen LogP contribution < -0.4 is 16.4 Å². The minimum atomic E-state index is 0.273. The maximum atomic E-state index is 6.07. The van der Waals surface area contributed by atoms with Crippen molar-refractivity contribution < 1.29 is 4.74 Å². The molecule has 1 unspecified atom stereocenters. The van der Waals surface area contributed by atoms with Gasteiger partial charge in [0.2, 0.25) is 0 Å². The molecule has 0 amide bonds. The second-order valence-electron chi connectivity index (χ2n) is 5.69. The van der Waals surface area contributed by atoms with E-state index in [2.05, 4.69) is 17.0 Å². The summed E-state index contributed by atoms with van der Waals surface area (Å²) in [5.74, 6) is 0. The Kier molecular flexibility index (Phi) is 3.62. The fraction of sp³-hybridized carbons (Fsp3) is 0.600. The molecule has 2 aliphatic rings. The normalized spacial score (nSPS) is 28.2. The Morgan fingerprint density at radius 3 is 2.21 bits per heavy atom. The summed E-state index contributed by atoms with van der Waals surface area (Å²) < 4.78 is 6.07. The lowest BCUT2D eigenvalue weighted by Gasteiger charge is -2.40. The fourth-order valence-corrected chi connectivity index (χ4v) is 2.85. The zero-order chi connectivity index (χ0) is 13.2. The van der Waals surface area contributed by atoms with Crippen LogP contribution in [0, 0.1) is 0 Å². The number of benzene rings is 1. The van der Waals surface area contributed by atoms with Crippen LogP contribution in [0.4, 0.5) is 11.4 Å². The van der Waals surface area contributed by atoms with E-state index in [0.29, 0.717) is 12.2 Å². The second-order valence-corrected chi connectivity index (χ2v) is 5.69. The first-order valence-electron chi connectivity index (χ1n) is 7.24. The minimum Gasteiger partial charge on any atom is -0.399 e. The van der Waals surface area contributed by atoms with Crippen LogP contribution in [0.3, 0.4) is 0 Å². The number of anilines is 2. The average molecular weight is 261 g/mol. The molecule has 1 aromatic rings. The standard InChI is InChI=1S/C15H23N3O/c16-11-1-3-12(4-2-11)18-9-7-13(8-10-18)19-15-6-5-14(15)17/h1-4,13-15H,5-10,16-17H2/t14?,15-/m1/s1. The quantitative estimate of drug-likeness (QED) is 0.814. The minimum absolute atomic E-state index is 0.273. The Hall–Kier alpha value is -1.26. The number of nitrogens with two attached hydrogens (primary N) is 2. The van der Waals surface area contributed by atoms with Crippen LogP contribution in [0.5, 0.6) is 0 Å². The van der Waals surface area contributed by atoms with Crippen LogP contribution in [0.1, 0.15) is 25.7 Å². The Labute approximate surface area is 114 Å². The molecule has 2 atom stereocenters. The number of rotatable bonds is 3. The van der Waals surface area contributed by atoms with Crippen LogP contribution >= 0.6 is 0 Å². The van der Waals surface area contributed by atoms with Gasteiger partial charge in [-0.25, -0.2) is 0 Å². The predicted octanol–water partition coefficient (Wildman–Crippen LogP) is 1.74. The van der Waals surface area contributed by atoms with Crippen molar-refractivity contribution >= 4 is 11.4 Å². The zero-order valence-electron chi connectivity index (χ0n) is 11.3. The number of piperidine rings is 1. The molecule has 1 aromatic carbocycles. The first-order chi connectivity index (χ1) is 9.22. The molecule has 4 heteroatoms. The molecule has 0 aromatic heterocycles. The van der Waals surface area contributed by atoms with E-state index in [9.17, 15) is 0 Å². The van der Waals surface area contributed by atoms with Crippen molar-refractivity contribution in [3.63, 3.8) is 0 Å². The van der Waals surface area contributed by atoms with Gasteiger partial charge in [0.15, 0.2) is 0 Å². The molecule has 0 radical (unpaired) electrons. The SMILES string of the molecule is Nc1ccc(N2CCC(O[C@@H]3CCC3N)CC2)cc1. The van der Waals surface area contributed by atoms with Gasteiger partial charge in [-0.05, 0) is 49.9 Å². The van der Waals surface area contributed by atoms with Gasteiger partial charge in [-0.2, -0.15) is 0 Å². The molecular formula is C15H23N3O. The van der Waals surface area contributed by atoms with Gasteiger partial charge >= 0.3 is 0 Å². The highest BCUT2D eigenvalue weighted by atomic mass is 16.5. The largest absolute Gasteiger partial charge is 0.399 e. The summed E-state index contributed by atoms with van der Waals surface area (Å²) in [6.07, 6.45) is 5.14. The van der Waals surface area contributed by atoms with Crippen molar-refractivity contribution in [2.45, 2.75) is 43.9 Å². The molecule has 4 nitrogen and oxygen atoms in total. The molecule has 104 valence electrons. The lowest BCUT2D eigenvalue weighted by molar-refractivity contribution is -0.0714. The Morgan fingerprint density at radius 1 is 1.00 bits per heavy atom. The van der Waals surface area contributed by atoms with E-state index in [1.165, 1.54) is 5.69 Å². The van der Waals surface area contributed by atoms with Crippen molar-refractivity contribution in [2.24, 2.45) is 5.73 Å². The highest BCUT2D eigenvalue weighted by molar-refractivity contribution is 5.53. The van der Waals surface area contributed by atoms with Gasteiger partial charge in [0.05, 0.1) is 12.2 Å². The Morgan fingerprint density at radius 2 is 1.68 bits per heavy atom. The van der Waals surface area contributed by atoms with Gasteiger partial charge in [0, 0.05) is 30.5 Å². The number of hydrogen-bond acceptors (Lipinski definition) is 4. The third-order valence-electron chi connectivity index (χ3n) is 4.33. The maximum Gasteiger partial charge on any atom is 0.0730 e. The highest BCUT2D eigenvalue weighted by Gasteiger charge is 2.31. The topological polar surface area (TPSA) is 64.5 Å². The van der Waals surface area contributed by atoms with Gasteiger partial charge in [0.25, 0.3) is 0 Å². The van der Waals surface area contributed by atoms with Gasteiger partial charge in [-0.3, -0.25) is 0 Å². The van der Waals surface area contributed by atoms with Crippen molar-refractivity contribution in [1.29, 1.82) is 0 Å². The summed E-state index contributed by atoms with van der Waals surface area (Å²) in [4.78, 5) is 2.40. The van der Waals surface area contributed by atoms with Crippen molar-refractivity contribution in [2.75, 3.05) is 23.7 Å². The van der Waals surface area contributed by atoms with Crippen molar-refractivity contribution in [1.82, 2.24) is 0 Å². The van der Waals surface area contributed by atoms with Gasteiger partial charge in [0.1, 0.15) is 0 Å². The van der Waals surface area contributed by atoms with E-state index in [-0.39, 0.29) is 6.04 Å². The zero-order valence-corrected chi connectivity index (χ0v) is 11.3. The molecule has 1 heterocycles. The van der Waals surface area contributed by atoms with Crippen LogP contribution in [-0.4, -0.2) is 31.3 Å². The molecule has 0 spiro atoms. The van der Waals surface area contributed by atoms with Crippen LogP contribution in [0.2, 0.25) is 0 Å². The first-order valence-corrected chi connectivity index (χ1v) is 7.24. The van der Waals surface area contributed by atoms with Crippen molar-refractivity contribution in [3.8, 4) is 0 Å². The molecule has 19 heavy (non-hydrogen) atoms. The Balaban J connectivity index is 1.50. The van der Waals surface area contributed by atoms with Gasteiger partial charge in [-0.1, -0.05) is 0 Å². The number of nitrogen functional groups attached to an aromatic ring is 1. The molecule has 1 saturated carbocycles. The summed E-state index contributed by atoms with van der Waals surface area (Å²) in [6.45, 7) is 2.10. The van der Waals surface area contributed by atoms with Gasteiger partial charge < -0.3 is 21.1 Å². The summed E-state index contributed by atoms with van der Waals surface area (Å²) in [5.41, 5.74) is 13.7. The third kappa shape index (κ3) is 2.85. The molecule has 1 saturated heterocycles. The van der Waals surface area contributed by atoms with E-state index in [0.717, 1.165) is 44.5 Å². The van der Waals surface area contributed by atoms with Crippen LogP contribution in [0.25, 0.3) is 0 Å². The third-order valence-corrected chi connectivity index (χ3v) is 4.33. The molecule has 1 aliphatic carbocycles. The van der Waals surface area contributed by atoms with Crippen LogP contribution in [-0.2, 0) is 4.74 Å². The van der Waals surface area contributed by atoms with E-state index >= 15 is 0 Å². The Bertz CT molecular complexity index is 412. The number of hydrogen-bond donors (Lipinski definition) is 2. The first kappa shape index (κ1) is 12.8. The second kappa shape index (κ2) is 5.39. The summed E-state index contributed by atoms with van der Waals surface area (Å²) in [7, 11) is 0. The molecule has 2 fully saturated rings. The number of nitrogens with zero attached hydrogens (tertiary/aromatic N) is 1. The monoisotopic (exact) mass is 261 g/mol. The summed E-state index contributed by atoms with van der Waals surface area (Å²) in [6, 6.07) is 8.39. The van der Waals surface area contributed by atoms with E-state index in [1.54, 1.807) is 0 Å². The van der Waals surface area contributed by atoms with E-state index < -0.39 is 0 Å². The molecule has 0 bridgehead atoms. The fourth-order valence-electron chi connectivity index (χ4n) is 2.85. The van der Waals surface area contributed by atoms with Crippen molar-refractivity contribution in [3.05, 3.63) is 24.3 Å².